The van der Waals surface area contributed by atoms with E-state index < -0.39 is 22.7 Å². The van der Waals surface area contributed by atoms with Crippen molar-refractivity contribution in [3.8, 4) is 0 Å². The van der Waals surface area contributed by atoms with Gasteiger partial charge in [0.15, 0.2) is 0 Å². The maximum absolute atomic E-state index is 12.3. The fraction of sp³-hybridized carbons (Fsp3) is 0.278. The molecule has 0 aliphatic heterocycles. The number of carbonyl (C=O) groups is 1. The molecule has 2 aromatic rings. The summed E-state index contributed by atoms with van der Waals surface area (Å²) >= 11 is 0. The van der Waals surface area contributed by atoms with Gasteiger partial charge in [-0.05, 0) is 17.0 Å². The highest BCUT2D eigenvalue weighted by atomic mass is 32.2. The first-order valence-electron chi connectivity index (χ1n) is 7.24. The Hall–Kier alpha value is -1.94. The van der Waals surface area contributed by atoms with E-state index in [1.807, 2.05) is 67.6 Å². The van der Waals surface area contributed by atoms with Gasteiger partial charge in [-0.25, -0.2) is 0 Å². The quantitative estimate of drug-likeness (QED) is 0.851. The van der Waals surface area contributed by atoms with E-state index in [9.17, 15) is 14.1 Å². The van der Waals surface area contributed by atoms with Gasteiger partial charge in [-0.3, -0.25) is 9.00 Å². The second-order valence-electron chi connectivity index (χ2n) is 5.38. The van der Waals surface area contributed by atoms with Crippen molar-refractivity contribution in [2.24, 2.45) is 5.92 Å². The number of carboxylic acids is 1. The van der Waals surface area contributed by atoms with Gasteiger partial charge in [-0.15, -0.1) is 0 Å². The minimum atomic E-state index is -1.20. The Bertz CT molecular complexity index is 625. The number of hydrogen-bond donors (Lipinski definition) is 1. The zero-order valence-corrected chi connectivity index (χ0v) is 13.3. The van der Waals surface area contributed by atoms with E-state index in [-0.39, 0.29) is 11.7 Å². The van der Waals surface area contributed by atoms with Crippen LogP contribution in [0.2, 0.25) is 0 Å². The van der Waals surface area contributed by atoms with Crippen LogP contribution >= 0.6 is 0 Å². The average Bonchev–Trinajstić information content (AvgIpc) is 2.53. The summed E-state index contributed by atoms with van der Waals surface area (Å²) in [6.07, 6.45) is 0. The van der Waals surface area contributed by atoms with Gasteiger partial charge in [0.05, 0.1) is 5.92 Å². The molecule has 0 aliphatic carbocycles. The molecular formula is C18H20O3S. The maximum atomic E-state index is 12.3. The molecular weight excluding hydrogens is 296 g/mol. The molecule has 0 saturated carbocycles. The third kappa shape index (κ3) is 4.53. The van der Waals surface area contributed by atoms with Gasteiger partial charge in [0.2, 0.25) is 0 Å². The van der Waals surface area contributed by atoms with Crippen LogP contribution in [0.15, 0.2) is 60.7 Å². The molecule has 1 unspecified atom stereocenters. The van der Waals surface area contributed by atoms with Crippen LogP contribution in [0.4, 0.5) is 0 Å². The first-order valence-corrected chi connectivity index (χ1v) is 8.73. The van der Waals surface area contributed by atoms with Crippen LogP contribution < -0.4 is 0 Å². The van der Waals surface area contributed by atoms with E-state index >= 15 is 0 Å². The molecule has 0 bridgehead atoms. The number of carboxylic acid groups (broad SMARTS) is 1. The van der Waals surface area contributed by atoms with Crippen molar-refractivity contribution >= 4 is 16.8 Å². The number of aliphatic carboxylic acids is 1. The SMILES string of the molecule is C[C@@H](c1ccccc1)[C@H](CS(=O)Cc1ccccc1)C(=O)O. The fourth-order valence-electron chi connectivity index (χ4n) is 2.44. The highest BCUT2D eigenvalue weighted by molar-refractivity contribution is 7.84. The van der Waals surface area contributed by atoms with E-state index in [1.165, 1.54) is 0 Å². The molecule has 2 aromatic carbocycles. The minimum absolute atomic E-state index is 0.167. The molecule has 0 spiro atoms. The largest absolute Gasteiger partial charge is 0.481 e. The van der Waals surface area contributed by atoms with Crippen LogP contribution in [0.5, 0.6) is 0 Å². The van der Waals surface area contributed by atoms with Crippen LogP contribution in [0.25, 0.3) is 0 Å². The number of hydrogen-bond acceptors (Lipinski definition) is 2. The standard InChI is InChI=1S/C18H20O3S/c1-14(16-10-6-3-7-11-16)17(18(19)20)13-22(21)12-15-8-4-2-5-9-15/h2-11,14,17H,12-13H2,1H3,(H,19,20)/t14-,17-,22?/m0/s1. The van der Waals surface area contributed by atoms with Crippen molar-refractivity contribution < 1.29 is 14.1 Å². The van der Waals surface area contributed by atoms with Gasteiger partial charge in [-0.2, -0.15) is 0 Å². The molecule has 116 valence electrons. The van der Waals surface area contributed by atoms with Crippen LogP contribution in [0.1, 0.15) is 24.0 Å². The average molecular weight is 316 g/mol. The highest BCUT2D eigenvalue weighted by Crippen LogP contribution is 2.25. The molecule has 0 heterocycles. The predicted molar refractivity (Wildman–Crippen MR) is 89.1 cm³/mol. The topological polar surface area (TPSA) is 54.4 Å². The van der Waals surface area contributed by atoms with E-state index in [2.05, 4.69) is 0 Å². The fourth-order valence-corrected chi connectivity index (χ4v) is 3.95. The minimum Gasteiger partial charge on any atom is -0.481 e. The lowest BCUT2D eigenvalue weighted by Gasteiger charge is -2.20. The normalized spacial score (nSPS) is 15.0. The summed E-state index contributed by atoms with van der Waals surface area (Å²) in [6.45, 7) is 1.88. The van der Waals surface area contributed by atoms with E-state index in [0.29, 0.717) is 5.75 Å². The summed E-state index contributed by atoms with van der Waals surface area (Å²) in [6, 6.07) is 19.0. The number of benzene rings is 2. The number of rotatable bonds is 7. The predicted octanol–water partition coefficient (Wildman–Crippen LogP) is 3.44. The van der Waals surface area contributed by atoms with Crippen molar-refractivity contribution in [3.63, 3.8) is 0 Å². The zero-order chi connectivity index (χ0) is 15.9. The molecule has 0 saturated heterocycles. The Balaban J connectivity index is 2.06. The third-order valence-corrected chi connectivity index (χ3v) is 5.17. The lowest BCUT2D eigenvalue weighted by molar-refractivity contribution is -0.141. The van der Waals surface area contributed by atoms with Crippen LogP contribution in [0.3, 0.4) is 0 Å². The Kier molecular flexibility index (Phi) is 5.90. The Morgan fingerprint density at radius 3 is 2.14 bits per heavy atom. The molecule has 0 aromatic heterocycles. The molecule has 1 N–H and O–H groups in total. The first kappa shape index (κ1) is 16.4. The molecule has 3 nitrogen and oxygen atoms in total. The van der Waals surface area contributed by atoms with E-state index in [4.69, 9.17) is 0 Å². The molecule has 0 amide bonds. The van der Waals surface area contributed by atoms with Crippen LogP contribution in [-0.4, -0.2) is 21.0 Å². The highest BCUT2D eigenvalue weighted by Gasteiger charge is 2.27. The lowest BCUT2D eigenvalue weighted by Crippen LogP contribution is -2.26. The molecule has 4 heteroatoms. The molecule has 0 aliphatic rings. The van der Waals surface area contributed by atoms with Gasteiger partial charge < -0.3 is 5.11 Å². The van der Waals surface area contributed by atoms with Crippen LogP contribution in [0, 0.1) is 5.92 Å². The molecule has 2 rings (SSSR count). The van der Waals surface area contributed by atoms with Crippen molar-refractivity contribution in [2.75, 3.05) is 5.75 Å². The second kappa shape index (κ2) is 7.90. The van der Waals surface area contributed by atoms with Crippen molar-refractivity contribution in [3.05, 3.63) is 71.8 Å². The summed E-state index contributed by atoms with van der Waals surface area (Å²) in [5.41, 5.74) is 1.93. The van der Waals surface area contributed by atoms with Gasteiger partial charge in [0, 0.05) is 22.3 Å². The van der Waals surface area contributed by atoms with Gasteiger partial charge >= 0.3 is 5.97 Å². The Labute approximate surface area is 133 Å². The second-order valence-corrected chi connectivity index (χ2v) is 6.88. The summed E-state index contributed by atoms with van der Waals surface area (Å²) in [5, 5.41) is 9.49. The maximum Gasteiger partial charge on any atom is 0.308 e. The summed E-state index contributed by atoms with van der Waals surface area (Å²) in [4.78, 5) is 11.6. The smallest absolute Gasteiger partial charge is 0.308 e. The monoisotopic (exact) mass is 316 g/mol. The molecule has 0 radical (unpaired) electrons. The van der Waals surface area contributed by atoms with Gasteiger partial charge in [0.25, 0.3) is 0 Å². The summed E-state index contributed by atoms with van der Waals surface area (Å²) in [7, 11) is -1.20. The van der Waals surface area contributed by atoms with Crippen molar-refractivity contribution in [1.29, 1.82) is 0 Å². The molecule has 22 heavy (non-hydrogen) atoms. The Morgan fingerprint density at radius 1 is 1.05 bits per heavy atom. The van der Waals surface area contributed by atoms with Crippen molar-refractivity contribution in [2.45, 2.75) is 18.6 Å². The lowest BCUT2D eigenvalue weighted by atomic mass is 9.89. The third-order valence-electron chi connectivity index (χ3n) is 3.78. The summed E-state index contributed by atoms with van der Waals surface area (Å²) < 4.78 is 12.3. The van der Waals surface area contributed by atoms with Gasteiger partial charge in [-0.1, -0.05) is 67.6 Å². The van der Waals surface area contributed by atoms with E-state index in [1.54, 1.807) is 0 Å². The Morgan fingerprint density at radius 2 is 1.59 bits per heavy atom. The van der Waals surface area contributed by atoms with E-state index in [0.717, 1.165) is 11.1 Å². The first-order chi connectivity index (χ1) is 10.6. The van der Waals surface area contributed by atoms with Crippen molar-refractivity contribution in [1.82, 2.24) is 0 Å². The molecule has 0 fully saturated rings. The molecule has 3 atom stereocenters. The van der Waals surface area contributed by atoms with Gasteiger partial charge in [0.1, 0.15) is 0 Å². The van der Waals surface area contributed by atoms with Crippen LogP contribution in [-0.2, 0) is 21.3 Å². The zero-order valence-electron chi connectivity index (χ0n) is 12.5. The summed E-state index contributed by atoms with van der Waals surface area (Å²) in [5.74, 6) is -1.14.